The number of nitrogens with zero attached hydrogens (tertiary/aromatic N) is 2. The molecule has 4 heteroatoms. The Morgan fingerprint density at radius 2 is 2.13 bits per heavy atom. The monoisotopic (exact) mass is 211 g/mol. The summed E-state index contributed by atoms with van der Waals surface area (Å²) in [7, 11) is 5.69. The Balaban J connectivity index is 2.92. The minimum atomic E-state index is 0.134. The van der Waals surface area contributed by atoms with E-state index in [9.17, 15) is 0 Å². The molecule has 0 aliphatic heterocycles. The van der Waals surface area contributed by atoms with Gasteiger partial charge in [0.15, 0.2) is 0 Å². The summed E-state index contributed by atoms with van der Waals surface area (Å²) in [4.78, 5) is 4.36. The van der Waals surface area contributed by atoms with Crippen LogP contribution in [0.4, 0.5) is 0 Å². The van der Waals surface area contributed by atoms with Crippen LogP contribution in [0.15, 0.2) is 12.4 Å². The zero-order valence-corrected chi connectivity index (χ0v) is 10.2. The van der Waals surface area contributed by atoms with Crippen LogP contribution in [0.5, 0.6) is 0 Å². The quantitative estimate of drug-likeness (QED) is 0.799. The van der Waals surface area contributed by atoms with E-state index in [1.807, 2.05) is 31.1 Å². The second-order valence-electron chi connectivity index (χ2n) is 4.11. The standard InChI is InChI=1S/C11H21N3O/c1-8(2)10(15-5)9(12-3)11-13-6-7-14(11)4/h6-10,12H,1-5H3. The molecule has 1 aromatic heterocycles. The van der Waals surface area contributed by atoms with E-state index < -0.39 is 0 Å². The number of hydrogen-bond donors (Lipinski definition) is 1. The number of nitrogens with one attached hydrogen (secondary N) is 1. The van der Waals surface area contributed by atoms with Crippen molar-refractivity contribution in [1.29, 1.82) is 0 Å². The maximum atomic E-state index is 5.53. The summed E-state index contributed by atoms with van der Waals surface area (Å²) in [5.41, 5.74) is 0. The van der Waals surface area contributed by atoms with E-state index in [0.29, 0.717) is 5.92 Å². The Labute approximate surface area is 91.7 Å². The van der Waals surface area contributed by atoms with Crippen molar-refractivity contribution in [3.63, 3.8) is 0 Å². The van der Waals surface area contributed by atoms with E-state index >= 15 is 0 Å². The highest BCUT2D eigenvalue weighted by Crippen LogP contribution is 2.22. The Kier molecular flexibility index (Phi) is 4.29. The highest BCUT2D eigenvalue weighted by molar-refractivity contribution is 5.02. The molecule has 0 spiro atoms. The zero-order chi connectivity index (χ0) is 11.4. The molecule has 1 rings (SSSR count). The number of imidazole rings is 1. The number of hydrogen-bond acceptors (Lipinski definition) is 3. The van der Waals surface area contributed by atoms with Gasteiger partial charge >= 0.3 is 0 Å². The van der Waals surface area contributed by atoms with Crippen LogP contribution in [0.1, 0.15) is 25.7 Å². The van der Waals surface area contributed by atoms with Crippen molar-refractivity contribution in [1.82, 2.24) is 14.9 Å². The molecule has 2 unspecified atom stereocenters. The highest BCUT2D eigenvalue weighted by Gasteiger charge is 2.27. The number of likely N-dealkylation sites (N-methyl/N-ethyl adjacent to an activating group) is 1. The largest absolute Gasteiger partial charge is 0.379 e. The summed E-state index contributed by atoms with van der Waals surface area (Å²) in [6, 6.07) is 0.134. The lowest BCUT2D eigenvalue weighted by molar-refractivity contribution is 0.0316. The normalized spacial score (nSPS) is 15.6. The van der Waals surface area contributed by atoms with Crippen LogP contribution < -0.4 is 5.32 Å². The molecule has 0 aliphatic rings. The molecule has 0 aromatic carbocycles. The van der Waals surface area contributed by atoms with E-state index in [-0.39, 0.29) is 12.1 Å². The van der Waals surface area contributed by atoms with Crippen molar-refractivity contribution in [3.8, 4) is 0 Å². The fourth-order valence-corrected chi connectivity index (χ4v) is 1.91. The van der Waals surface area contributed by atoms with Crippen LogP contribution in [-0.2, 0) is 11.8 Å². The van der Waals surface area contributed by atoms with Gasteiger partial charge in [-0.3, -0.25) is 0 Å². The van der Waals surface area contributed by atoms with Gasteiger partial charge in [0.1, 0.15) is 5.82 Å². The predicted octanol–water partition coefficient (Wildman–Crippen LogP) is 1.35. The van der Waals surface area contributed by atoms with Crippen molar-refractivity contribution in [2.24, 2.45) is 13.0 Å². The van der Waals surface area contributed by atoms with Gasteiger partial charge in [0.25, 0.3) is 0 Å². The van der Waals surface area contributed by atoms with E-state index in [1.54, 1.807) is 7.11 Å². The van der Waals surface area contributed by atoms with Crippen LogP contribution in [0.25, 0.3) is 0 Å². The molecule has 4 nitrogen and oxygen atoms in total. The first kappa shape index (κ1) is 12.2. The molecule has 0 amide bonds. The summed E-state index contributed by atoms with van der Waals surface area (Å²) in [5, 5.41) is 3.27. The highest BCUT2D eigenvalue weighted by atomic mass is 16.5. The minimum Gasteiger partial charge on any atom is -0.379 e. The van der Waals surface area contributed by atoms with Crippen molar-refractivity contribution >= 4 is 0 Å². The maximum absolute atomic E-state index is 5.53. The molecule has 1 N–H and O–H groups in total. The van der Waals surface area contributed by atoms with Gasteiger partial charge in [0.05, 0.1) is 12.1 Å². The van der Waals surface area contributed by atoms with Gasteiger partial charge in [-0.05, 0) is 13.0 Å². The van der Waals surface area contributed by atoms with Gasteiger partial charge in [-0.25, -0.2) is 4.98 Å². The van der Waals surface area contributed by atoms with Gasteiger partial charge in [-0.15, -0.1) is 0 Å². The van der Waals surface area contributed by atoms with Gasteiger partial charge in [0.2, 0.25) is 0 Å². The number of methoxy groups -OCH3 is 1. The molecular formula is C11H21N3O. The van der Waals surface area contributed by atoms with Crippen LogP contribution in [0, 0.1) is 5.92 Å². The Hall–Kier alpha value is -0.870. The Bertz CT molecular complexity index is 296. The summed E-state index contributed by atoms with van der Waals surface area (Å²) < 4.78 is 7.55. The molecule has 15 heavy (non-hydrogen) atoms. The predicted molar refractivity (Wildman–Crippen MR) is 60.6 cm³/mol. The zero-order valence-electron chi connectivity index (χ0n) is 10.2. The third-order valence-electron chi connectivity index (χ3n) is 2.71. The molecule has 0 bridgehead atoms. The minimum absolute atomic E-state index is 0.134. The molecule has 2 atom stereocenters. The van der Waals surface area contributed by atoms with Crippen molar-refractivity contribution in [2.75, 3.05) is 14.2 Å². The van der Waals surface area contributed by atoms with Crippen LogP contribution in [-0.4, -0.2) is 29.8 Å². The second kappa shape index (κ2) is 5.28. The van der Waals surface area contributed by atoms with E-state index in [0.717, 1.165) is 5.82 Å². The first-order valence-corrected chi connectivity index (χ1v) is 5.29. The topological polar surface area (TPSA) is 39.1 Å². The van der Waals surface area contributed by atoms with Crippen LogP contribution >= 0.6 is 0 Å². The van der Waals surface area contributed by atoms with Crippen molar-refractivity contribution in [2.45, 2.75) is 26.0 Å². The number of ether oxygens (including phenoxy) is 1. The number of aryl methyl sites for hydroxylation is 1. The first-order valence-electron chi connectivity index (χ1n) is 5.29. The van der Waals surface area contributed by atoms with Gasteiger partial charge in [-0.1, -0.05) is 13.8 Å². The van der Waals surface area contributed by atoms with E-state index in [2.05, 4.69) is 24.1 Å². The molecule has 1 heterocycles. The third kappa shape index (κ3) is 2.58. The van der Waals surface area contributed by atoms with Gasteiger partial charge < -0.3 is 14.6 Å². The Morgan fingerprint density at radius 3 is 2.47 bits per heavy atom. The van der Waals surface area contributed by atoms with Gasteiger partial charge in [-0.2, -0.15) is 0 Å². The number of aromatic nitrogens is 2. The number of rotatable bonds is 5. The van der Waals surface area contributed by atoms with E-state index in [1.165, 1.54) is 0 Å². The molecule has 0 saturated heterocycles. The average Bonchev–Trinajstić information content (AvgIpc) is 2.60. The maximum Gasteiger partial charge on any atom is 0.128 e. The molecule has 86 valence electrons. The third-order valence-corrected chi connectivity index (χ3v) is 2.71. The summed E-state index contributed by atoms with van der Waals surface area (Å²) in [6.45, 7) is 4.31. The lowest BCUT2D eigenvalue weighted by atomic mass is 9.99. The fourth-order valence-electron chi connectivity index (χ4n) is 1.91. The smallest absolute Gasteiger partial charge is 0.128 e. The summed E-state index contributed by atoms with van der Waals surface area (Å²) in [5.74, 6) is 1.46. The SMILES string of the molecule is CNC(c1nccn1C)C(OC)C(C)C. The second-order valence-corrected chi connectivity index (χ2v) is 4.11. The lowest BCUT2D eigenvalue weighted by Gasteiger charge is -2.28. The van der Waals surface area contributed by atoms with E-state index in [4.69, 9.17) is 4.74 Å². The first-order chi connectivity index (χ1) is 7.11. The lowest BCUT2D eigenvalue weighted by Crippen LogP contribution is -2.36. The molecule has 0 aliphatic carbocycles. The molecule has 0 fully saturated rings. The van der Waals surface area contributed by atoms with Crippen LogP contribution in [0.2, 0.25) is 0 Å². The molecular weight excluding hydrogens is 190 g/mol. The molecule has 1 aromatic rings. The summed E-state index contributed by atoms with van der Waals surface area (Å²) in [6.07, 6.45) is 3.90. The van der Waals surface area contributed by atoms with Gasteiger partial charge in [0, 0.05) is 26.6 Å². The Morgan fingerprint density at radius 1 is 1.47 bits per heavy atom. The molecule has 0 radical (unpaired) electrons. The summed E-state index contributed by atoms with van der Waals surface area (Å²) >= 11 is 0. The van der Waals surface area contributed by atoms with Crippen molar-refractivity contribution < 1.29 is 4.74 Å². The van der Waals surface area contributed by atoms with Crippen molar-refractivity contribution in [3.05, 3.63) is 18.2 Å². The fraction of sp³-hybridized carbons (Fsp3) is 0.727. The average molecular weight is 211 g/mol. The molecule has 0 saturated carbocycles. The van der Waals surface area contributed by atoms with Crippen LogP contribution in [0.3, 0.4) is 0 Å².